The summed E-state index contributed by atoms with van der Waals surface area (Å²) < 4.78 is 36.3. The van der Waals surface area contributed by atoms with Crippen molar-refractivity contribution in [2.45, 2.75) is 4.90 Å². The standard InChI is InChI=1S/C11H10FN3O3S/c1-15-7-8(6-13-15)11(16)14-9-4-2-3-5-10(9)19(12,17)18/h2-7H,1H3,(H,14,16). The smallest absolute Gasteiger partial charge is 0.321 e. The number of anilines is 1. The normalized spacial score (nSPS) is 11.3. The predicted octanol–water partition coefficient (Wildman–Crippen LogP) is 1.33. The number of carbonyl (C=O) groups is 1. The van der Waals surface area contributed by atoms with Gasteiger partial charge in [-0.2, -0.15) is 13.5 Å². The van der Waals surface area contributed by atoms with Crippen LogP contribution < -0.4 is 5.32 Å². The van der Waals surface area contributed by atoms with Crippen LogP contribution in [0.1, 0.15) is 10.4 Å². The molecule has 1 N–H and O–H groups in total. The lowest BCUT2D eigenvalue weighted by Gasteiger charge is -2.06. The molecule has 1 aromatic heterocycles. The Morgan fingerprint density at radius 1 is 1.37 bits per heavy atom. The van der Waals surface area contributed by atoms with Gasteiger partial charge in [0, 0.05) is 13.2 Å². The molecule has 0 saturated carbocycles. The second kappa shape index (κ2) is 4.81. The summed E-state index contributed by atoms with van der Waals surface area (Å²) in [6, 6.07) is 5.24. The van der Waals surface area contributed by atoms with Crippen LogP contribution in [0, 0.1) is 0 Å². The molecule has 0 aliphatic rings. The molecule has 0 aliphatic heterocycles. The van der Waals surface area contributed by atoms with Gasteiger partial charge in [-0.25, -0.2) is 0 Å². The molecule has 19 heavy (non-hydrogen) atoms. The van der Waals surface area contributed by atoms with Crippen LogP contribution in [0.2, 0.25) is 0 Å². The van der Waals surface area contributed by atoms with Crippen LogP contribution in [0.5, 0.6) is 0 Å². The van der Waals surface area contributed by atoms with Crippen molar-refractivity contribution in [3.8, 4) is 0 Å². The Morgan fingerprint density at radius 3 is 2.63 bits per heavy atom. The number of para-hydroxylation sites is 1. The van der Waals surface area contributed by atoms with Crippen molar-refractivity contribution < 1.29 is 17.1 Å². The lowest BCUT2D eigenvalue weighted by molar-refractivity contribution is 0.102. The number of aromatic nitrogens is 2. The van der Waals surface area contributed by atoms with E-state index in [9.17, 15) is 17.1 Å². The molecule has 6 nitrogen and oxygen atoms in total. The zero-order valence-corrected chi connectivity index (χ0v) is 10.7. The first kappa shape index (κ1) is 13.2. The molecule has 0 saturated heterocycles. The fraction of sp³-hybridized carbons (Fsp3) is 0.0909. The molecule has 0 fully saturated rings. The summed E-state index contributed by atoms with van der Waals surface area (Å²) in [5.74, 6) is -0.566. The van der Waals surface area contributed by atoms with Crippen molar-refractivity contribution in [3.05, 3.63) is 42.2 Å². The Hall–Kier alpha value is -2.22. The summed E-state index contributed by atoms with van der Waals surface area (Å²) in [7, 11) is -3.26. The van der Waals surface area contributed by atoms with E-state index in [0.29, 0.717) is 0 Å². The van der Waals surface area contributed by atoms with E-state index in [1.54, 1.807) is 7.05 Å². The summed E-state index contributed by atoms with van der Waals surface area (Å²) >= 11 is 0. The maximum Gasteiger partial charge on any atom is 0.334 e. The van der Waals surface area contributed by atoms with Crippen molar-refractivity contribution in [2.75, 3.05) is 5.32 Å². The summed E-state index contributed by atoms with van der Waals surface area (Å²) in [5.41, 5.74) is 0.132. The number of aryl methyl sites for hydroxylation is 1. The maximum absolute atomic E-state index is 13.0. The average molecular weight is 283 g/mol. The third-order valence-electron chi connectivity index (χ3n) is 2.37. The van der Waals surface area contributed by atoms with Gasteiger partial charge >= 0.3 is 10.2 Å². The number of hydrogen-bond acceptors (Lipinski definition) is 4. The molecule has 2 rings (SSSR count). The molecule has 0 spiro atoms. The summed E-state index contributed by atoms with van der Waals surface area (Å²) in [5, 5.41) is 6.15. The summed E-state index contributed by atoms with van der Waals surface area (Å²) in [4.78, 5) is 11.2. The van der Waals surface area contributed by atoms with E-state index in [2.05, 4.69) is 10.4 Å². The van der Waals surface area contributed by atoms with Gasteiger partial charge in [-0.05, 0) is 12.1 Å². The topological polar surface area (TPSA) is 81.1 Å². The molecule has 2 aromatic rings. The second-order valence-electron chi connectivity index (χ2n) is 3.79. The number of rotatable bonds is 3. The third kappa shape index (κ3) is 2.97. The monoisotopic (exact) mass is 283 g/mol. The molecule has 1 heterocycles. The number of hydrogen-bond donors (Lipinski definition) is 1. The van der Waals surface area contributed by atoms with Gasteiger partial charge in [0.25, 0.3) is 5.91 Å². The highest BCUT2D eigenvalue weighted by atomic mass is 32.3. The van der Waals surface area contributed by atoms with Gasteiger partial charge in [-0.3, -0.25) is 9.48 Å². The van der Waals surface area contributed by atoms with E-state index in [4.69, 9.17) is 0 Å². The lowest BCUT2D eigenvalue weighted by atomic mass is 10.3. The molecule has 0 bridgehead atoms. The second-order valence-corrected chi connectivity index (χ2v) is 5.11. The number of nitrogens with one attached hydrogen (secondary N) is 1. The van der Waals surface area contributed by atoms with Crippen molar-refractivity contribution in [1.29, 1.82) is 0 Å². The van der Waals surface area contributed by atoms with Crippen LogP contribution in [0.4, 0.5) is 9.57 Å². The first-order valence-corrected chi connectivity index (χ1v) is 6.60. The first-order valence-electron chi connectivity index (χ1n) is 5.21. The number of amides is 1. The Morgan fingerprint density at radius 2 is 2.05 bits per heavy atom. The van der Waals surface area contributed by atoms with Crippen LogP contribution in [0.15, 0.2) is 41.6 Å². The lowest BCUT2D eigenvalue weighted by Crippen LogP contribution is -2.13. The first-order chi connectivity index (χ1) is 8.88. The van der Waals surface area contributed by atoms with Gasteiger partial charge in [0.15, 0.2) is 0 Å². The van der Waals surface area contributed by atoms with Gasteiger partial charge in [0.2, 0.25) is 0 Å². The number of nitrogens with zero attached hydrogens (tertiary/aromatic N) is 2. The number of benzene rings is 1. The fourth-order valence-electron chi connectivity index (χ4n) is 1.52. The van der Waals surface area contributed by atoms with E-state index in [1.807, 2.05) is 0 Å². The van der Waals surface area contributed by atoms with Crippen molar-refractivity contribution in [3.63, 3.8) is 0 Å². The van der Waals surface area contributed by atoms with Crippen LogP contribution in [-0.2, 0) is 17.3 Å². The van der Waals surface area contributed by atoms with Gasteiger partial charge in [-0.1, -0.05) is 12.1 Å². The SMILES string of the molecule is Cn1cc(C(=O)Nc2ccccc2S(=O)(=O)F)cn1. The highest BCUT2D eigenvalue weighted by molar-refractivity contribution is 7.86. The summed E-state index contributed by atoms with van der Waals surface area (Å²) in [6.07, 6.45) is 2.78. The van der Waals surface area contributed by atoms with Gasteiger partial charge in [-0.15, -0.1) is 3.89 Å². The van der Waals surface area contributed by atoms with E-state index in [0.717, 1.165) is 6.07 Å². The van der Waals surface area contributed by atoms with Gasteiger partial charge < -0.3 is 5.32 Å². The minimum absolute atomic E-state index is 0.112. The van der Waals surface area contributed by atoms with Gasteiger partial charge in [0.1, 0.15) is 4.90 Å². The van der Waals surface area contributed by atoms with Crippen molar-refractivity contribution in [1.82, 2.24) is 9.78 Å². The quantitative estimate of drug-likeness (QED) is 0.862. The zero-order chi connectivity index (χ0) is 14.0. The molecule has 1 amide bonds. The molecular formula is C11H10FN3O3S. The molecule has 0 atom stereocenters. The predicted molar refractivity (Wildman–Crippen MR) is 65.9 cm³/mol. The molecule has 0 radical (unpaired) electrons. The largest absolute Gasteiger partial charge is 0.334 e. The van der Waals surface area contributed by atoms with E-state index < -0.39 is 21.0 Å². The zero-order valence-electron chi connectivity index (χ0n) is 9.87. The molecular weight excluding hydrogens is 273 g/mol. The minimum atomic E-state index is -4.89. The average Bonchev–Trinajstić information content (AvgIpc) is 2.75. The van der Waals surface area contributed by atoms with Crippen molar-refractivity contribution in [2.24, 2.45) is 7.05 Å². The van der Waals surface area contributed by atoms with Gasteiger partial charge in [0.05, 0.1) is 17.4 Å². The molecule has 1 aromatic carbocycles. The molecule has 8 heteroatoms. The van der Waals surface area contributed by atoms with E-state index in [1.165, 1.54) is 35.3 Å². The Kier molecular flexibility index (Phi) is 3.34. The van der Waals surface area contributed by atoms with E-state index >= 15 is 0 Å². The number of carbonyl (C=O) groups excluding carboxylic acids is 1. The fourth-order valence-corrected chi connectivity index (χ4v) is 2.14. The molecule has 0 unspecified atom stereocenters. The number of halogens is 1. The third-order valence-corrected chi connectivity index (χ3v) is 3.25. The highest BCUT2D eigenvalue weighted by Crippen LogP contribution is 2.23. The van der Waals surface area contributed by atoms with Crippen molar-refractivity contribution >= 4 is 21.8 Å². The van der Waals surface area contributed by atoms with Crippen LogP contribution in [-0.4, -0.2) is 24.1 Å². The Bertz CT molecular complexity index is 724. The molecule has 100 valence electrons. The summed E-state index contributed by atoms with van der Waals surface area (Å²) in [6.45, 7) is 0. The maximum atomic E-state index is 13.0. The van der Waals surface area contributed by atoms with Crippen LogP contribution >= 0.6 is 0 Å². The Labute approximate surface area is 109 Å². The Balaban J connectivity index is 2.32. The van der Waals surface area contributed by atoms with Crippen LogP contribution in [0.25, 0.3) is 0 Å². The highest BCUT2D eigenvalue weighted by Gasteiger charge is 2.19. The molecule has 0 aliphatic carbocycles. The minimum Gasteiger partial charge on any atom is -0.321 e. The van der Waals surface area contributed by atoms with E-state index in [-0.39, 0.29) is 11.3 Å². The van der Waals surface area contributed by atoms with Crippen LogP contribution in [0.3, 0.4) is 0 Å².